The number of carbonyl (C=O) groups excluding carboxylic acids is 2. The van der Waals surface area contributed by atoms with E-state index in [1.165, 1.54) is 5.69 Å². The van der Waals surface area contributed by atoms with E-state index in [1.807, 2.05) is 31.2 Å². The first-order chi connectivity index (χ1) is 17.5. The zero-order valence-electron chi connectivity index (χ0n) is 20.0. The van der Waals surface area contributed by atoms with Gasteiger partial charge in [0.2, 0.25) is 0 Å². The fourth-order valence-corrected chi connectivity index (χ4v) is 4.05. The van der Waals surface area contributed by atoms with Crippen LogP contribution in [0.4, 0.5) is 22.7 Å². The molecule has 3 aromatic carbocycles. The summed E-state index contributed by atoms with van der Waals surface area (Å²) in [5, 5.41) is 12.9. The summed E-state index contributed by atoms with van der Waals surface area (Å²) in [6.45, 7) is 5.17. The SMILES string of the molecule is Cc1cc(C(=O)Nc2ccc(C(=O)c3ccc(Nc4ccc(N5CCOCC5)cc4)cc3)cc2)n[nH]1. The lowest BCUT2D eigenvalue weighted by Gasteiger charge is -2.28. The Labute approximate surface area is 209 Å². The quantitative estimate of drug-likeness (QED) is 0.329. The van der Waals surface area contributed by atoms with Crippen molar-refractivity contribution in [2.45, 2.75) is 6.92 Å². The number of ketones is 1. The number of benzene rings is 3. The highest BCUT2D eigenvalue weighted by atomic mass is 16.5. The van der Waals surface area contributed by atoms with E-state index in [0.717, 1.165) is 43.4 Å². The number of rotatable bonds is 7. The number of morpholine rings is 1. The second-order valence-corrected chi connectivity index (χ2v) is 8.65. The number of amides is 1. The molecule has 1 aromatic heterocycles. The third kappa shape index (κ3) is 5.45. The Kier molecular flexibility index (Phi) is 6.77. The summed E-state index contributed by atoms with van der Waals surface area (Å²) in [5.41, 5.74) is 5.92. The van der Waals surface area contributed by atoms with E-state index < -0.39 is 0 Å². The van der Waals surface area contributed by atoms with Crippen LogP contribution in [0.15, 0.2) is 78.9 Å². The Morgan fingerprint density at radius 2 is 1.39 bits per heavy atom. The van der Waals surface area contributed by atoms with Crippen molar-refractivity contribution in [1.82, 2.24) is 10.2 Å². The Morgan fingerprint density at radius 3 is 1.94 bits per heavy atom. The maximum absolute atomic E-state index is 12.9. The summed E-state index contributed by atoms with van der Waals surface area (Å²) in [5.74, 6) is -0.394. The van der Waals surface area contributed by atoms with Crippen LogP contribution in [0, 0.1) is 6.92 Å². The van der Waals surface area contributed by atoms with Crippen LogP contribution in [0.3, 0.4) is 0 Å². The first kappa shape index (κ1) is 23.3. The van der Waals surface area contributed by atoms with Crippen molar-refractivity contribution in [2.24, 2.45) is 0 Å². The van der Waals surface area contributed by atoms with Crippen LogP contribution < -0.4 is 15.5 Å². The predicted octanol–water partition coefficient (Wildman–Crippen LogP) is 4.78. The zero-order valence-corrected chi connectivity index (χ0v) is 20.0. The number of aryl methyl sites for hydroxylation is 1. The third-order valence-electron chi connectivity index (χ3n) is 6.02. The standard InChI is InChI=1S/C28H27N5O3/c1-19-18-26(32-31-19)28(35)30-24-8-4-21(5-9-24)27(34)20-2-6-22(7-3-20)29-23-10-12-25(13-11-23)33-14-16-36-17-15-33/h2-13,18,29H,14-17H2,1H3,(H,30,35)(H,31,32). The average molecular weight is 482 g/mol. The lowest BCUT2D eigenvalue weighted by Crippen LogP contribution is -2.36. The van der Waals surface area contributed by atoms with E-state index in [1.54, 1.807) is 30.3 Å². The molecule has 0 saturated carbocycles. The summed E-state index contributed by atoms with van der Waals surface area (Å²) < 4.78 is 5.42. The molecule has 4 aromatic rings. The minimum absolute atomic E-state index is 0.0859. The number of hydrogen-bond donors (Lipinski definition) is 3. The molecule has 1 fully saturated rings. The van der Waals surface area contributed by atoms with E-state index in [2.05, 4.69) is 50.0 Å². The summed E-state index contributed by atoms with van der Waals surface area (Å²) in [6, 6.07) is 24.2. The lowest BCUT2D eigenvalue weighted by molar-refractivity contribution is 0.102. The van der Waals surface area contributed by atoms with Gasteiger partial charge in [-0.3, -0.25) is 14.7 Å². The van der Waals surface area contributed by atoms with Gasteiger partial charge in [0.05, 0.1) is 13.2 Å². The maximum atomic E-state index is 12.9. The number of anilines is 4. The number of aromatic amines is 1. The molecule has 0 radical (unpaired) electrons. The van der Waals surface area contributed by atoms with Gasteiger partial charge in [0.1, 0.15) is 0 Å². The van der Waals surface area contributed by atoms with Gasteiger partial charge in [0.15, 0.2) is 11.5 Å². The van der Waals surface area contributed by atoms with Crippen molar-refractivity contribution in [2.75, 3.05) is 41.8 Å². The summed E-state index contributed by atoms with van der Waals surface area (Å²) in [4.78, 5) is 27.5. The monoisotopic (exact) mass is 481 g/mol. The van der Waals surface area contributed by atoms with Crippen LogP contribution in [0.1, 0.15) is 32.1 Å². The molecular weight excluding hydrogens is 454 g/mol. The second-order valence-electron chi connectivity index (χ2n) is 8.65. The molecule has 182 valence electrons. The molecule has 0 spiro atoms. The van der Waals surface area contributed by atoms with Crippen molar-refractivity contribution in [3.63, 3.8) is 0 Å². The smallest absolute Gasteiger partial charge is 0.276 e. The Bertz CT molecular complexity index is 1340. The number of aromatic nitrogens is 2. The zero-order chi connectivity index (χ0) is 24.9. The van der Waals surface area contributed by atoms with Gasteiger partial charge in [-0.1, -0.05) is 0 Å². The molecular formula is C28H27N5O3. The summed E-state index contributed by atoms with van der Waals surface area (Å²) in [6.07, 6.45) is 0. The fourth-order valence-electron chi connectivity index (χ4n) is 4.05. The van der Waals surface area contributed by atoms with Gasteiger partial charge in [-0.25, -0.2) is 0 Å². The number of hydrogen-bond acceptors (Lipinski definition) is 6. The van der Waals surface area contributed by atoms with Gasteiger partial charge in [-0.05, 0) is 85.8 Å². The van der Waals surface area contributed by atoms with Gasteiger partial charge in [-0.15, -0.1) is 0 Å². The molecule has 3 N–H and O–H groups in total. The normalized spacial score (nSPS) is 13.3. The highest BCUT2D eigenvalue weighted by Crippen LogP contribution is 2.23. The van der Waals surface area contributed by atoms with E-state index in [9.17, 15) is 9.59 Å². The molecule has 0 bridgehead atoms. The van der Waals surface area contributed by atoms with Crippen molar-refractivity contribution in [1.29, 1.82) is 0 Å². The van der Waals surface area contributed by atoms with Gasteiger partial charge < -0.3 is 20.3 Å². The molecule has 0 aliphatic carbocycles. The number of nitrogens with zero attached hydrogens (tertiary/aromatic N) is 2. The van der Waals surface area contributed by atoms with Crippen molar-refractivity contribution >= 4 is 34.4 Å². The highest BCUT2D eigenvalue weighted by Gasteiger charge is 2.13. The largest absolute Gasteiger partial charge is 0.378 e. The Hall–Kier alpha value is -4.43. The first-order valence-corrected chi connectivity index (χ1v) is 11.8. The Morgan fingerprint density at radius 1 is 0.833 bits per heavy atom. The van der Waals surface area contributed by atoms with Gasteiger partial charge >= 0.3 is 0 Å². The number of ether oxygens (including phenoxy) is 1. The summed E-state index contributed by atoms with van der Waals surface area (Å²) >= 11 is 0. The first-order valence-electron chi connectivity index (χ1n) is 11.8. The van der Waals surface area contributed by atoms with E-state index in [0.29, 0.717) is 22.5 Å². The molecule has 0 unspecified atom stereocenters. The van der Waals surface area contributed by atoms with Crippen molar-refractivity contribution < 1.29 is 14.3 Å². The average Bonchev–Trinajstić information content (AvgIpc) is 3.37. The second kappa shape index (κ2) is 10.5. The minimum Gasteiger partial charge on any atom is -0.378 e. The van der Waals surface area contributed by atoms with Crippen molar-refractivity contribution in [3.05, 3.63) is 101 Å². The molecule has 2 heterocycles. The highest BCUT2D eigenvalue weighted by molar-refractivity contribution is 6.09. The third-order valence-corrected chi connectivity index (χ3v) is 6.02. The van der Waals surface area contributed by atoms with E-state index in [-0.39, 0.29) is 11.7 Å². The molecule has 36 heavy (non-hydrogen) atoms. The molecule has 1 aliphatic rings. The maximum Gasteiger partial charge on any atom is 0.276 e. The fraction of sp³-hybridized carbons (Fsp3) is 0.179. The van der Waals surface area contributed by atoms with Gasteiger partial charge in [-0.2, -0.15) is 5.10 Å². The topological polar surface area (TPSA) is 99.3 Å². The van der Waals surface area contributed by atoms with Crippen molar-refractivity contribution in [3.8, 4) is 0 Å². The van der Waals surface area contributed by atoms with Gasteiger partial charge in [0, 0.05) is 52.7 Å². The van der Waals surface area contributed by atoms with E-state index >= 15 is 0 Å². The number of H-pyrrole nitrogens is 1. The van der Waals surface area contributed by atoms with Crippen LogP contribution >= 0.6 is 0 Å². The molecule has 8 nitrogen and oxygen atoms in total. The molecule has 1 amide bonds. The van der Waals surface area contributed by atoms with Crippen LogP contribution in [0.25, 0.3) is 0 Å². The van der Waals surface area contributed by atoms with Crippen LogP contribution in [-0.2, 0) is 4.74 Å². The number of nitrogens with one attached hydrogen (secondary N) is 3. The summed E-state index contributed by atoms with van der Waals surface area (Å²) in [7, 11) is 0. The molecule has 0 atom stereocenters. The van der Waals surface area contributed by atoms with Crippen LogP contribution in [0.2, 0.25) is 0 Å². The molecule has 1 aliphatic heterocycles. The van der Waals surface area contributed by atoms with Crippen LogP contribution in [0.5, 0.6) is 0 Å². The predicted molar refractivity (Wildman–Crippen MR) is 140 cm³/mol. The molecule has 1 saturated heterocycles. The Balaban J connectivity index is 1.18. The number of carbonyl (C=O) groups is 2. The van der Waals surface area contributed by atoms with Gasteiger partial charge in [0.25, 0.3) is 5.91 Å². The molecule has 8 heteroatoms. The molecule has 5 rings (SSSR count). The van der Waals surface area contributed by atoms with Crippen LogP contribution in [-0.4, -0.2) is 48.2 Å². The lowest BCUT2D eigenvalue weighted by atomic mass is 10.0. The minimum atomic E-state index is -0.308. The van der Waals surface area contributed by atoms with E-state index in [4.69, 9.17) is 4.74 Å².